The molecule has 0 aliphatic rings. The topological polar surface area (TPSA) is 67.5 Å². The summed E-state index contributed by atoms with van der Waals surface area (Å²) in [5, 5.41) is 15.3. The number of hydrogen-bond acceptors (Lipinski definition) is 4. The van der Waals surface area contributed by atoms with Crippen molar-refractivity contribution in [1.29, 1.82) is 0 Å². The van der Waals surface area contributed by atoms with E-state index >= 15 is 0 Å². The van der Waals surface area contributed by atoms with Crippen LogP contribution in [0.5, 0.6) is 0 Å². The zero-order valence-corrected chi connectivity index (χ0v) is 10.5. The molecule has 0 aliphatic carbocycles. The molecule has 0 bridgehead atoms. The van der Waals surface area contributed by atoms with Gasteiger partial charge in [0, 0.05) is 6.07 Å². The normalized spacial score (nSPS) is 10.6. The van der Waals surface area contributed by atoms with Gasteiger partial charge in [0.25, 0.3) is 5.69 Å². The summed E-state index contributed by atoms with van der Waals surface area (Å²) >= 11 is 5.94. The number of hydrazone groups is 1. The van der Waals surface area contributed by atoms with E-state index in [0.29, 0.717) is 16.3 Å². The molecule has 5 nitrogen and oxygen atoms in total. The second-order valence-corrected chi connectivity index (χ2v) is 4.07. The van der Waals surface area contributed by atoms with Crippen molar-refractivity contribution in [2.75, 3.05) is 5.43 Å². The predicted molar refractivity (Wildman–Crippen MR) is 75.8 cm³/mol. The minimum absolute atomic E-state index is 0.00667. The van der Waals surface area contributed by atoms with Crippen molar-refractivity contribution in [2.24, 2.45) is 5.10 Å². The number of hydrogen-bond donors (Lipinski definition) is 1. The van der Waals surface area contributed by atoms with Gasteiger partial charge in [0.05, 0.1) is 27.4 Å². The fraction of sp³-hybridized carbons (Fsp3) is 0. The van der Waals surface area contributed by atoms with Crippen LogP contribution in [0, 0.1) is 10.1 Å². The molecule has 0 amide bonds. The number of para-hydroxylation sites is 2. The lowest BCUT2D eigenvalue weighted by atomic mass is 10.2. The van der Waals surface area contributed by atoms with Gasteiger partial charge in [-0.3, -0.25) is 15.5 Å². The van der Waals surface area contributed by atoms with Crippen LogP contribution in [0.1, 0.15) is 5.56 Å². The summed E-state index contributed by atoms with van der Waals surface area (Å²) in [5.41, 5.74) is 3.81. The third kappa shape index (κ3) is 3.29. The summed E-state index contributed by atoms with van der Waals surface area (Å²) in [6.45, 7) is 0. The van der Waals surface area contributed by atoms with Crippen LogP contribution in [0.4, 0.5) is 11.4 Å². The van der Waals surface area contributed by atoms with Gasteiger partial charge in [0.1, 0.15) is 0 Å². The Hall–Kier alpha value is -2.40. The number of nitro groups is 1. The highest BCUT2D eigenvalue weighted by Gasteiger charge is 2.09. The molecule has 2 aromatic carbocycles. The second kappa shape index (κ2) is 5.97. The minimum Gasteiger partial charge on any atom is -0.277 e. The van der Waals surface area contributed by atoms with Gasteiger partial charge in [-0.1, -0.05) is 35.9 Å². The smallest absolute Gasteiger partial charge is 0.277 e. The van der Waals surface area contributed by atoms with E-state index in [1.54, 1.807) is 36.4 Å². The van der Waals surface area contributed by atoms with Crippen molar-refractivity contribution >= 4 is 29.2 Å². The summed E-state index contributed by atoms with van der Waals surface area (Å²) < 4.78 is 0. The number of nitro benzene ring substituents is 1. The van der Waals surface area contributed by atoms with Gasteiger partial charge in [-0.25, -0.2) is 0 Å². The van der Waals surface area contributed by atoms with Crippen molar-refractivity contribution in [3.63, 3.8) is 0 Å². The average Bonchev–Trinajstić information content (AvgIpc) is 2.41. The number of nitrogens with zero attached hydrogens (tertiary/aromatic N) is 2. The lowest BCUT2D eigenvalue weighted by molar-refractivity contribution is -0.385. The lowest BCUT2D eigenvalue weighted by Crippen LogP contribution is -1.96. The van der Waals surface area contributed by atoms with Crippen molar-refractivity contribution in [3.8, 4) is 0 Å². The summed E-state index contributed by atoms with van der Waals surface area (Å²) in [5.74, 6) is 0. The molecule has 0 saturated heterocycles. The zero-order chi connectivity index (χ0) is 13.7. The molecule has 96 valence electrons. The molecule has 19 heavy (non-hydrogen) atoms. The quantitative estimate of drug-likeness (QED) is 0.525. The summed E-state index contributed by atoms with van der Waals surface area (Å²) in [6.07, 6.45) is 1.39. The number of benzene rings is 2. The Bertz CT molecular complexity index is 629. The molecule has 1 N–H and O–H groups in total. The maximum absolute atomic E-state index is 10.8. The van der Waals surface area contributed by atoms with E-state index in [2.05, 4.69) is 10.5 Å². The van der Waals surface area contributed by atoms with Gasteiger partial charge in [-0.15, -0.1) is 0 Å². The molecular formula is C13H10ClN3O2. The Labute approximate surface area is 114 Å². The molecule has 0 fully saturated rings. The fourth-order valence-corrected chi connectivity index (χ4v) is 1.66. The highest BCUT2D eigenvalue weighted by Crippen LogP contribution is 2.20. The molecule has 6 heteroatoms. The number of rotatable bonds is 4. The standard InChI is InChI=1S/C13H10ClN3O2/c14-11-6-2-3-7-12(11)16-15-9-10-5-1-4-8-13(10)17(18)19/h1-9,16H. The largest absolute Gasteiger partial charge is 0.278 e. The molecule has 0 spiro atoms. The Morgan fingerprint density at radius 1 is 1.16 bits per heavy atom. The van der Waals surface area contributed by atoms with Gasteiger partial charge in [0.15, 0.2) is 0 Å². The maximum atomic E-state index is 10.8. The van der Waals surface area contributed by atoms with Gasteiger partial charge in [0.2, 0.25) is 0 Å². The minimum atomic E-state index is -0.448. The Morgan fingerprint density at radius 3 is 2.58 bits per heavy atom. The van der Waals surface area contributed by atoms with Crippen LogP contribution in [0.2, 0.25) is 5.02 Å². The van der Waals surface area contributed by atoms with E-state index < -0.39 is 4.92 Å². The molecule has 0 heterocycles. The molecule has 0 aromatic heterocycles. The van der Waals surface area contributed by atoms with E-state index in [-0.39, 0.29) is 5.69 Å². The Morgan fingerprint density at radius 2 is 1.84 bits per heavy atom. The van der Waals surface area contributed by atoms with Crippen LogP contribution in [-0.2, 0) is 0 Å². The van der Waals surface area contributed by atoms with Crippen LogP contribution in [-0.4, -0.2) is 11.1 Å². The molecule has 0 unspecified atom stereocenters. The number of nitrogens with one attached hydrogen (secondary N) is 1. The molecule has 0 aliphatic heterocycles. The fourth-order valence-electron chi connectivity index (χ4n) is 1.49. The number of halogens is 1. The van der Waals surface area contributed by atoms with E-state index in [0.717, 1.165) is 0 Å². The van der Waals surface area contributed by atoms with E-state index in [9.17, 15) is 10.1 Å². The van der Waals surface area contributed by atoms with E-state index in [4.69, 9.17) is 11.6 Å². The Balaban J connectivity index is 2.16. The molecule has 2 rings (SSSR count). The Kier molecular flexibility index (Phi) is 4.10. The number of anilines is 1. The summed E-state index contributed by atoms with van der Waals surface area (Å²) in [7, 11) is 0. The van der Waals surface area contributed by atoms with Crippen LogP contribution in [0.15, 0.2) is 53.6 Å². The van der Waals surface area contributed by atoms with Gasteiger partial charge >= 0.3 is 0 Å². The molecule has 0 atom stereocenters. The highest BCUT2D eigenvalue weighted by molar-refractivity contribution is 6.33. The van der Waals surface area contributed by atoms with Crippen molar-refractivity contribution < 1.29 is 4.92 Å². The van der Waals surface area contributed by atoms with Crippen molar-refractivity contribution in [1.82, 2.24) is 0 Å². The van der Waals surface area contributed by atoms with Crippen LogP contribution in [0.25, 0.3) is 0 Å². The van der Waals surface area contributed by atoms with E-state index in [1.165, 1.54) is 12.3 Å². The van der Waals surface area contributed by atoms with Crippen molar-refractivity contribution in [2.45, 2.75) is 0 Å². The highest BCUT2D eigenvalue weighted by atomic mass is 35.5. The SMILES string of the molecule is O=[N+]([O-])c1ccccc1C=NNc1ccccc1Cl. The molecule has 0 saturated carbocycles. The second-order valence-electron chi connectivity index (χ2n) is 3.67. The lowest BCUT2D eigenvalue weighted by Gasteiger charge is -2.02. The first-order valence-corrected chi connectivity index (χ1v) is 5.83. The van der Waals surface area contributed by atoms with Gasteiger partial charge < -0.3 is 0 Å². The maximum Gasteiger partial charge on any atom is 0.278 e. The third-order valence-corrected chi connectivity index (χ3v) is 2.73. The van der Waals surface area contributed by atoms with Gasteiger partial charge in [-0.05, 0) is 18.2 Å². The van der Waals surface area contributed by atoms with Crippen LogP contribution < -0.4 is 5.43 Å². The average molecular weight is 276 g/mol. The van der Waals surface area contributed by atoms with Crippen LogP contribution >= 0.6 is 11.6 Å². The molecular weight excluding hydrogens is 266 g/mol. The first kappa shape index (κ1) is 13.0. The molecule has 0 radical (unpaired) electrons. The summed E-state index contributed by atoms with van der Waals surface area (Å²) in [6, 6.07) is 13.5. The zero-order valence-electron chi connectivity index (χ0n) is 9.79. The van der Waals surface area contributed by atoms with Crippen LogP contribution in [0.3, 0.4) is 0 Å². The van der Waals surface area contributed by atoms with Crippen molar-refractivity contribution in [3.05, 3.63) is 69.2 Å². The monoisotopic (exact) mass is 275 g/mol. The summed E-state index contributed by atoms with van der Waals surface area (Å²) in [4.78, 5) is 10.4. The third-order valence-electron chi connectivity index (χ3n) is 2.40. The molecule has 2 aromatic rings. The predicted octanol–water partition coefficient (Wildman–Crippen LogP) is 3.69. The first-order valence-electron chi connectivity index (χ1n) is 5.45. The first-order chi connectivity index (χ1) is 9.18. The van der Waals surface area contributed by atoms with E-state index in [1.807, 2.05) is 6.07 Å². The van der Waals surface area contributed by atoms with Gasteiger partial charge in [-0.2, -0.15) is 5.10 Å².